The number of ether oxygens (including phenoxy) is 2. The number of nitrogens with zero attached hydrogens (tertiary/aromatic N) is 13. The summed E-state index contributed by atoms with van der Waals surface area (Å²) in [5.74, 6) is 1.36. The molecule has 0 atom stereocenters. The van der Waals surface area contributed by atoms with Crippen LogP contribution in [0.3, 0.4) is 0 Å². The minimum Gasteiger partial charge on any atom is -0.444 e. The van der Waals surface area contributed by atoms with Crippen LogP contribution in [0.25, 0.3) is 34.2 Å². The molecule has 0 bridgehead atoms. The van der Waals surface area contributed by atoms with Crippen LogP contribution in [0.5, 0.6) is 0 Å². The number of aromatic nitrogens is 12. The predicted molar refractivity (Wildman–Crippen MR) is 328 cm³/mol. The molecule has 0 unspecified atom stereocenters. The van der Waals surface area contributed by atoms with Gasteiger partial charge in [0.2, 0.25) is 17.5 Å². The van der Waals surface area contributed by atoms with E-state index in [1.807, 2.05) is 79.8 Å². The van der Waals surface area contributed by atoms with E-state index in [9.17, 15) is 49.1 Å². The van der Waals surface area contributed by atoms with Crippen LogP contribution < -0.4 is 5.32 Å². The summed E-state index contributed by atoms with van der Waals surface area (Å²) >= 11 is 0. The summed E-state index contributed by atoms with van der Waals surface area (Å²) in [6.07, 6.45) is -12.5. The molecule has 9 rings (SSSR count). The smallest absolute Gasteiger partial charge is 0.416 e. The van der Waals surface area contributed by atoms with Crippen molar-refractivity contribution in [2.45, 2.75) is 104 Å². The van der Waals surface area contributed by atoms with Crippen LogP contribution in [0, 0.1) is 0 Å². The number of aliphatic hydroxyl groups excluding tert-OH is 1. The number of hydrogen-bond acceptors (Lipinski definition) is 15. The highest BCUT2D eigenvalue weighted by atomic mass is 19.4. The van der Waals surface area contributed by atoms with Gasteiger partial charge in [0.25, 0.3) is 0 Å². The van der Waals surface area contributed by atoms with Gasteiger partial charge in [0.1, 0.15) is 11.2 Å². The number of hydrogen-bond donors (Lipinski definition) is 3. The molecule has 0 aliphatic heterocycles. The van der Waals surface area contributed by atoms with Crippen molar-refractivity contribution in [2.24, 2.45) is 0 Å². The van der Waals surface area contributed by atoms with Crippen molar-refractivity contribution in [3.63, 3.8) is 0 Å². The van der Waals surface area contributed by atoms with Gasteiger partial charge in [0, 0.05) is 50.4 Å². The molecule has 93 heavy (non-hydrogen) atoms. The summed E-state index contributed by atoms with van der Waals surface area (Å²) in [5.41, 5.74) is 4.35. The summed E-state index contributed by atoms with van der Waals surface area (Å²) in [7, 11) is 5.06. The van der Waals surface area contributed by atoms with Crippen LogP contribution >= 0.6 is 0 Å². The fraction of sp³-hybridized carbons (Fsp3) is 0.359. The molecule has 3 N–H and O–H groups in total. The van der Waals surface area contributed by atoms with Gasteiger partial charge in [-0.3, -0.25) is 0 Å². The maximum atomic E-state index is 12.8. The van der Waals surface area contributed by atoms with E-state index in [4.69, 9.17) is 14.6 Å². The summed E-state index contributed by atoms with van der Waals surface area (Å²) in [5, 5.41) is 50.4. The minimum absolute atomic E-state index is 0.0459. The number of aromatic amines is 1. The first-order chi connectivity index (χ1) is 43.8. The number of tetrazole rings is 3. The van der Waals surface area contributed by atoms with Gasteiger partial charge >= 0.3 is 30.7 Å². The molecule has 0 aliphatic carbocycles. The maximum absolute atomic E-state index is 12.8. The lowest BCUT2D eigenvalue weighted by Gasteiger charge is -2.24. The average molecular weight is 1300 g/mol. The predicted octanol–water partition coefficient (Wildman–Crippen LogP) is 12.3. The topological polar surface area (TPSA) is 233 Å². The van der Waals surface area contributed by atoms with Crippen molar-refractivity contribution in [3.8, 4) is 34.2 Å². The van der Waals surface area contributed by atoms with E-state index >= 15 is 0 Å². The van der Waals surface area contributed by atoms with Gasteiger partial charge in [-0.2, -0.15) is 54.3 Å². The number of benzene rings is 6. The second-order valence-corrected chi connectivity index (χ2v) is 22.9. The molecule has 6 aromatic carbocycles. The summed E-state index contributed by atoms with van der Waals surface area (Å²) in [4.78, 5) is 28.9. The van der Waals surface area contributed by atoms with Crippen molar-refractivity contribution in [2.75, 3.05) is 47.4 Å². The number of H-pyrrole nitrogens is 1. The van der Waals surface area contributed by atoms with Gasteiger partial charge in [-0.1, -0.05) is 109 Å². The third-order valence-electron chi connectivity index (χ3n) is 13.1. The molecule has 20 nitrogen and oxygen atoms in total. The zero-order chi connectivity index (χ0) is 68.2. The van der Waals surface area contributed by atoms with Gasteiger partial charge in [-0.25, -0.2) is 9.59 Å². The van der Waals surface area contributed by atoms with Gasteiger partial charge < -0.3 is 29.7 Å². The maximum Gasteiger partial charge on any atom is 0.416 e. The zero-order valence-electron chi connectivity index (χ0n) is 52.5. The molecule has 2 amide bonds. The number of amides is 2. The van der Waals surface area contributed by atoms with Crippen molar-refractivity contribution >= 4 is 12.2 Å². The quantitative estimate of drug-likeness (QED) is 0.0719. The average Bonchev–Trinajstić information content (AvgIpc) is 2.92. The largest absolute Gasteiger partial charge is 0.444 e. The van der Waals surface area contributed by atoms with Crippen LogP contribution in [0.2, 0.25) is 0 Å². The van der Waals surface area contributed by atoms with E-state index in [2.05, 4.69) is 56.8 Å². The number of aliphatic hydroxyl groups is 1. The molecule has 29 heteroatoms. The molecule has 0 saturated carbocycles. The number of carbonyl (C=O) groups is 2. The molecule has 0 aliphatic rings. The second-order valence-electron chi connectivity index (χ2n) is 22.9. The molecule has 3 heterocycles. The molecular weight excluding hydrogens is 1230 g/mol. The number of alkyl halides is 9. The molecule has 496 valence electrons. The first-order valence-electron chi connectivity index (χ1n) is 29.0. The van der Waals surface area contributed by atoms with Crippen LogP contribution in [0.15, 0.2) is 146 Å². The summed E-state index contributed by atoms with van der Waals surface area (Å²) in [6.45, 7) is 13.0. The third-order valence-corrected chi connectivity index (χ3v) is 13.1. The number of nitrogens with one attached hydrogen (secondary N) is 2. The van der Waals surface area contributed by atoms with E-state index < -0.39 is 58.6 Å². The fourth-order valence-corrected chi connectivity index (χ4v) is 8.40. The number of rotatable bonds is 17. The molecule has 0 saturated heterocycles. The molecule has 3 aromatic heterocycles. The Hall–Kier alpha value is -9.64. The van der Waals surface area contributed by atoms with Crippen LogP contribution in [0.1, 0.15) is 91.6 Å². The van der Waals surface area contributed by atoms with Crippen molar-refractivity contribution in [1.82, 2.24) is 76.2 Å². The van der Waals surface area contributed by atoms with Crippen LogP contribution in [-0.2, 0) is 60.4 Å². The number of likely N-dealkylation sites (N-methyl/N-ethyl adjacent to an activating group) is 3. The Labute approximate surface area is 531 Å². The Kier molecular flexibility index (Phi) is 25.4. The first-order valence-corrected chi connectivity index (χ1v) is 29.0. The van der Waals surface area contributed by atoms with Gasteiger partial charge in [0.15, 0.2) is 0 Å². The lowest BCUT2D eigenvalue weighted by atomic mass is 9.98. The minimum atomic E-state index is -4.36. The fourth-order valence-electron chi connectivity index (χ4n) is 8.40. The second kappa shape index (κ2) is 32.6. The molecule has 0 spiro atoms. The third kappa shape index (κ3) is 23.5. The van der Waals surface area contributed by atoms with E-state index in [0.29, 0.717) is 62.9 Å². The lowest BCUT2D eigenvalue weighted by molar-refractivity contribution is -0.138. The Morgan fingerprint density at radius 1 is 0.495 bits per heavy atom. The normalized spacial score (nSPS) is 11.7. The highest BCUT2D eigenvalue weighted by Gasteiger charge is 2.32. The number of carbonyl (C=O) groups excluding carboxylic acids is 2. The molecule has 0 fully saturated rings. The van der Waals surface area contributed by atoms with Gasteiger partial charge in [0.05, 0.1) is 36.4 Å². The zero-order valence-corrected chi connectivity index (χ0v) is 52.5. The monoisotopic (exact) mass is 1300 g/mol. The van der Waals surface area contributed by atoms with E-state index in [-0.39, 0.29) is 6.61 Å². The van der Waals surface area contributed by atoms with Crippen molar-refractivity contribution in [3.05, 3.63) is 196 Å². The molecular formula is C64H72F9N15O5. The molecule has 9 aromatic rings. The Morgan fingerprint density at radius 3 is 1.16 bits per heavy atom. The van der Waals surface area contributed by atoms with E-state index in [1.165, 1.54) is 55.8 Å². The standard InChI is InChI=1S/C23H26F3N5O2.C18H18F3N5.C15H11F3N4.C8H17NO3/c1-22(2,3)33-21(32)30(4)13-14-31-28-20(27-29-31)19-8-6-5-7-17(19)15-16-9-11-18(12-10-16)23(24,25)26;1-22-10-11-26-24-17(23-25-26)16-5-3-2-4-14(16)12-13-6-8-15(9-7-13)18(19,20)21;16-15(17,18)12-7-5-10(6-8-12)9-11-3-1-2-4-13(11)14-19-21-22-20-14;1-8(2,3)12-7(11)9(4)5-6-10/h5-12H,13-15H2,1-4H3;2-9,22H,10-12H2,1H3;1-8H,9H2,(H,19,20,21,22);10H,5-6H2,1-4H3. The van der Waals surface area contributed by atoms with Crippen molar-refractivity contribution < 1.29 is 63.7 Å². The van der Waals surface area contributed by atoms with Crippen LogP contribution in [-0.4, -0.2) is 147 Å². The van der Waals surface area contributed by atoms with Gasteiger partial charge in [-0.15, -0.1) is 30.6 Å². The number of halogens is 9. The Morgan fingerprint density at radius 2 is 0.839 bits per heavy atom. The summed E-state index contributed by atoms with van der Waals surface area (Å²) in [6, 6.07) is 37.9. The van der Waals surface area contributed by atoms with Gasteiger partial charge in [-0.05, 0) is 153 Å². The van der Waals surface area contributed by atoms with E-state index in [1.54, 1.807) is 55.6 Å². The van der Waals surface area contributed by atoms with Crippen molar-refractivity contribution in [1.29, 1.82) is 0 Å². The highest BCUT2D eigenvalue weighted by Crippen LogP contribution is 2.33. The lowest BCUT2D eigenvalue weighted by Crippen LogP contribution is -2.36. The Balaban J connectivity index is 0.000000207. The van der Waals surface area contributed by atoms with E-state index in [0.717, 1.165) is 93.0 Å². The van der Waals surface area contributed by atoms with Crippen LogP contribution in [0.4, 0.5) is 49.1 Å². The highest BCUT2D eigenvalue weighted by molar-refractivity contribution is 5.68. The summed E-state index contributed by atoms with van der Waals surface area (Å²) < 4.78 is 125. The molecule has 0 radical (unpaired) electrons. The SMILES string of the molecule is CN(CCO)C(=O)OC(C)(C)C.CN(CCn1nnc(-c2ccccc2Cc2ccc(C(F)(F)F)cc2)n1)C(=O)OC(C)(C)C.CNCCn1nnc(-c2ccccc2Cc2ccc(C(F)(F)F)cc2)n1.FC(F)(F)c1ccc(Cc2ccccc2-c2nn[nH]n2)cc1. The first kappa shape index (κ1) is 72.4. The Bertz CT molecular complexity index is 3750.